The number of carbonyl (C=O) groups is 1. The molecular formula is C16H23NO3. The highest BCUT2D eigenvalue weighted by atomic mass is 16.5. The van der Waals surface area contributed by atoms with E-state index in [-0.39, 0.29) is 24.0 Å². The summed E-state index contributed by atoms with van der Waals surface area (Å²) in [5.41, 5.74) is 1.06. The smallest absolute Gasteiger partial charge is 0.226 e. The molecule has 3 unspecified atom stereocenters. The predicted octanol–water partition coefficient (Wildman–Crippen LogP) is 2.04. The molecule has 1 amide bonds. The van der Waals surface area contributed by atoms with Crippen LogP contribution in [0.5, 0.6) is 0 Å². The van der Waals surface area contributed by atoms with E-state index in [1.807, 2.05) is 30.3 Å². The van der Waals surface area contributed by atoms with Crippen molar-refractivity contribution in [2.75, 3.05) is 13.2 Å². The quantitative estimate of drug-likeness (QED) is 0.866. The summed E-state index contributed by atoms with van der Waals surface area (Å²) in [5, 5.41) is 12.1. The second-order valence-electron chi connectivity index (χ2n) is 5.38. The SMILES string of the molecule is CC(O)CCNC(=O)C1CCCOC1c1ccccc1. The van der Waals surface area contributed by atoms with Crippen LogP contribution >= 0.6 is 0 Å². The molecule has 1 saturated heterocycles. The van der Waals surface area contributed by atoms with Crippen LogP contribution in [0.15, 0.2) is 30.3 Å². The van der Waals surface area contributed by atoms with Crippen molar-refractivity contribution in [2.45, 2.75) is 38.4 Å². The van der Waals surface area contributed by atoms with Crippen LogP contribution < -0.4 is 5.32 Å². The highest BCUT2D eigenvalue weighted by molar-refractivity contribution is 5.79. The van der Waals surface area contributed by atoms with Gasteiger partial charge in [-0.3, -0.25) is 4.79 Å². The average molecular weight is 277 g/mol. The first kappa shape index (κ1) is 15.0. The van der Waals surface area contributed by atoms with E-state index in [4.69, 9.17) is 4.74 Å². The van der Waals surface area contributed by atoms with E-state index in [0.717, 1.165) is 18.4 Å². The van der Waals surface area contributed by atoms with Gasteiger partial charge in [0.05, 0.1) is 18.1 Å². The Balaban J connectivity index is 1.98. The predicted molar refractivity (Wildman–Crippen MR) is 77.2 cm³/mol. The maximum Gasteiger partial charge on any atom is 0.226 e. The van der Waals surface area contributed by atoms with Crippen LogP contribution in [0.2, 0.25) is 0 Å². The van der Waals surface area contributed by atoms with Gasteiger partial charge in [-0.15, -0.1) is 0 Å². The molecule has 0 radical (unpaired) electrons. The number of benzene rings is 1. The lowest BCUT2D eigenvalue weighted by Gasteiger charge is -2.31. The van der Waals surface area contributed by atoms with Crippen LogP contribution in [0, 0.1) is 5.92 Å². The van der Waals surface area contributed by atoms with Crippen molar-refractivity contribution in [1.29, 1.82) is 0 Å². The lowest BCUT2D eigenvalue weighted by Crippen LogP contribution is -2.38. The summed E-state index contributed by atoms with van der Waals surface area (Å²) in [6, 6.07) is 9.91. The number of nitrogens with one attached hydrogen (secondary N) is 1. The molecule has 1 aliphatic heterocycles. The Hall–Kier alpha value is -1.39. The molecule has 0 bridgehead atoms. The molecule has 1 aliphatic rings. The van der Waals surface area contributed by atoms with Crippen molar-refractivity contribution in [1.82, 2.24) is 5.32 Å². The van der Waals surface area contributed by atoms with Gasteiger partial charge in [0.2, 0.25) is 5.91 Å². The average Bonchev–Trinajstić information content (AvgIpc) is 2.47. The number of rotatable bonds is 5. The lowest BCUT2D eigenvalue weighted by molar-refractivity contribution is -0.134. The number of aliphatic hydroxyl groups excluding tert-OH is 1. The third-order valence-corrected chi connectivity index (χ3v) is 3.65. The van der Waals surface area contributed by atoms with E-state index >= 15 is 0 Å². The number of amides is 1. The number of ether oxygens (including phenoxy) is 1. The van der Waals surface area contributed by atoms with Crippen LogP contribution in [-0.4, -0.2) is 30.3 Å². The third-order valence-electron chi connectivity index (χ3n) is 3.65. The summed E-state index contributed by atoms with van der Waals surface area (Å²) < 4.78 is 5.81. The van der Waals surface area contributed by atoms with E-state index in [1.54, 1.807) is 6.92 Å². The third kappa shape index (κ3) is 4.05. The highest BCUT2D eigenvalue weighted by Gasteiger charge is 2.32. The van der Waals surface area contributed by atoms with Crippen LogP contribution in [-0.2, 0) is 9.53 Å². The molecule has 1 aromatic carbocycles. The maximum absolute atomic E-state index is 12.3. The van der Waals surface area contributed by atoms with Crippen molar-refractivity contribution >= 4 is 5.91 Å². The molecule has 3 atom stereocenters. The van der Waals surface area contributed by atoms with Crippen molar-refractivity contribution in [3.63, 3.8) is 0 Å². The monoisotopic (exact) mass is 277 g/mol. The van der Waals surface area contributed by atoms with Gasteiger partial charge in [-0.25, -0.2) is 0 Å². The van der Waals surface area contributed by atoms with Gasteiger partial charge >= 0.3 is 0 Å². The molecule has 1 aromatic rings. The van der Waals surface area contributed by atoms with E-state index < -0.39 is 0 Å². The lowest BCUT2D eigenvalue weighted by atomic mass is 9.88. The second kappa shape index (κ2) is 7.41. The van der Waals surface area contributed by atoms with Crippen molar-refractivity contribution in [3.8, 4) is 0 Å². The number of aliphatic hydroxyl groups is 1. The van der Waals surface area contributed by atoms with Crippen molar-refractivity contribution in [2.24, 2.45) is 5.92 Å². The summed E-state index contributed by atoms with van der Waals surface area (Å²) in [5.74, 6) is -0.112. The second-order valence-corrected chi connectivity index (χ2v) is 5.38. The fourth-order valence-corrected chi connectivity index (χ4v) is 2.56. The molecule has 1 heterocycles. The van der Waals surface area contributed by atoms with Crippen molar-refractivity contribution < 1.29 is 14.6 Å². The molecule has 0 saturated carbocycles. The van der Waals surface area contributed by atoms with E-state index in [9.17, 15) is 9.90 Å². The first-order valence-electron chi connectivity index (χ1n) is 7.31. The Morgan fingerprint density at radius 2 is 2.20 bits per heavy atom. The molecular weight excluding hydrogens is 254 g/mol. The summed E-state index contributed by atoms with van der Waals surface area (Å²) in [6.45, 7) is 2.94. The molecule has 0 spiro atoms. The fourth-order valence-electron chi connectivity index (χ4n) is 2.56. The molecule has 2 N–H and O–H groups in total. The minimum absolute atomic E-state index is 0.0270. The zero-order valence-corrected chi connectivity index (χ0v) is 11.9. The zero-order valence-electron chi connectivity index (χ0n) is 11.9. The molecule has 0 aliphatic carbocycles. The Kier molecular flexibility index (Phi) is 5.56. The standard InChI is InChI=1S/C16H23NO3/c1-12(18)9-10-17-16(19)14-8-5-11-20-15(14)13-6-3-2-4-7-13/h2-4,6-7,12,14-15,18H,5,8-11H2,1H3,(H,17,19). The van der Waals surface area contributed by atoms with Crippen LogP contribution in [0.4, 0.5) is 0 Å². The first-order valence-corrected chi connectivity index (χ1v) is 7.31. The number of hydrogen-bond acceptors (Lipinski definition) is 3. The molecule has 4 heteroatoms. The first-order chi connectivity index (χ1) is 9.68. The van der Waals surface area contributed by atoms with Gasteiger partial charge in [0.25, 0.3) is 0 Å². The Morgan fingerprint density at radius 3 is 2.90 bits per heavy atom. The molecule has 20 heavy (non-hydrogen) atoms. The normalized spacial score (nSPS) is 24.1. The van der Waals surface area contributed by atoms with E-state index in [1.165, 1.54) is 0 Å². The van der Waals surface area contributed by atoms with Gasteiger partial charge in [-0.1, -0.05) is 30.3 Å². The largest absolute Gasteiger partial charge is 0.393 e. The molecule has 1 fully saturated rings. The van der Waals surface area contributed by atoms with Crippen molar-refractivity contribution in [3.05, 3.63) is 35.9 Å². The number of carbonyl (C=O) groups excluding carboxylic acids is 1. The Morgan fingerprint density at radius 1 is 1.45 bits per heavy atom. The van der Waals surface area contributed by atoms with Crippen LogP contribution in [0.1, 0.15) is 37.9 Å². The Labute approximate surface area is 120 Å². The molecule has 110 valence electrons. The summed E-state index contributed by atoms with van der Waals surface area (Å²) in [4.78, 5) is 12.3. The van der Waals surface area contributed by atoms with Gasteiger partial charge in [-0.2, -0.15) is 0 Å². The Bertz CT molecular complexity index is 419. The minimum atomic E-state index is -0.386. The highest BCUT2D eigenvalue weighted by Crippen LogP contribution is 2.33. The van der Waals surface area contributed by atoms with E-state index in [0.29, 0.717) is 19.6 Å². The van der Waals surface area contributed by atoms with E-state index in [2.05, 4.69) is 5.32 Å². The van der Waals surface area contributed by atoms with Gasteiger partial charge in [-0.05, 0) is 31.7 Å². The topological polar surface area (TPSA) is 58.6 Å². The minimum Gasteiger partial charge on any atom is -0.393 e. The maximum atomic E-state index is 12.3. The molecule has 2 rings (SSSR count). The molecule has 0 aromatic heterocycles. The summed E-state index contributed by atoms with van der Waals surface area (Å²) in [6.07, 6.45) is 1.80. The summed E-state index contributed by atoms with van der Waals surface area (Å²) in [7, 11) is 0. The van der Waals surface area contributed by atoms with Gasteiger partial charge in [0.15, 0.2) is 0 Å². The van der Waals surface area contributed by atoms with Gasteiger partial charge in [0, 0.05) is 13.2 Å². The molecule has 4 nitrogen and oxygen atoms in total. The van der Waals surface area contributed by atoms with Gasteiger partial charge < -0.3 is 15.2 Å². The van der Waals surface area contributed by atoms with Gasteiger partial charge in [0.1, 0.15) is 0 Å². The fraction of sp³-hybridized carbons (Fsp3) is 0.562. The van der Waals surface area contributed by atoms with Crippen LogP contribution in [0.3, 0.4) is 0 Å². The summed E-state index contributed by atoms with van der Waals surface area (Å²) >= 11 is 0. The van der Waals surface area contributed by atoms with Crippen LogP contribution in [0.25, 0.3) is 0 Å². The zero-order chi connectivity index (χ0) is 14.4. The number of hydrogen-bond donors (Lipinski definition) is 2.